The van der Waals surface area contributed by atoms with Crippen molar-refractivity contribution in [2.75, 3.05) is 37.8 Å². The first-order valence-corrected chi connectivity index (χ1v) is 25.3. The fourth-order valence-corrected chi connectivity index (χ4v) is 12.0. The van der Waals surface area contributed by atoms with E-state index in [4.69, 9.17) is 65.8 Å². The van der Waals surface area contributed by atoms with Crippen molar-refractivity contribution < 1.29 is 61.5 Å². The number of esters is 1. The third kappa shape index (κ3) is 9.56. The number of nitrogen functional groups attached to an aromatic ring is 2. The van der Waals surface area contributed by atoms with E-state index in [-0.39, 0.29) is 64.2 Å². The van der Waals surface area contributed by atoms with Gasteiger partial charge in [0.2, 0.25) is 0 Å². The van der Waals surface area contributed by atoms with Crippen LogP contribution in [-0.2, 0) is 49.7 Å². The van der Waals surface area contributed by atoms with Crippen molar-refractivity contribution in [3.63, 3.8) is 0 Å². The molecule has 3 aliphatic rings. The van der Waals surface area contributed by atoms with E-state index in [1.807, 2.05) is 0 Å². The van der Waals surface area contributed by atoms with E-state index in [9.17, 15) is 19.9 Å². The van der Waals surface area contributed by atoms with Gasteiger partial charge in [-0.15, -0.1) is 0 Å². The van der Waals surface area contributed by atoms with Crippen LogP contribution in [-0.4, -0.2) is 123 Å². The van der Waals surface area contributed by atoms with E-state index in [1.165, 1.54) is 46.6 Å². The topological polar surface area (TPSA) is 357 Å². The molecule has 3 saturated heterocycles. The third-order valence-corrected chi connectivity index (χ3v) is 15.6. The summed E-state index contributed by atoms with van der Waals surface area (Å²) < 4.78 is 65.5. The molecule has 0 radical (unpaired) electrons. The molecule has 26 nitrogen and oxygen atoms in total. The zero-order chi connectivity index (χ0) is 46.2. The molecule has 2 aromatic carbocycles. The average molecular weight is 986 g/mol. The quantitative estimate of drug-likeness (QED) is 0.0236. The Labute approximate surface area is 380 Å². The summed E-state index contributed by atoms with van der Waals surface area (Å²) in [6.07, 6.45) is -6.11. The Bertz CT molecular complexity index is 2890. The summed E-state index contributed by atoms with van der Waals surface area (Å²) in [5.74, 6) is 0.173. The lowest BCUT2D eigenvalue weighted by molar-refractivity contribution is -0.0588. The van der Waals surface area contributed by atoms with Crippen LogP contribution in [0.15, 0.2) is 79.0 Å². The molecule has 7 heterocycles. The Balaban J connectivity index is 0.974. The number of hydrogen-bond acceptors (Lipinski definition) is 23. The van der Waals surface area contributed by atoms with E-state index in [0.717, 1.165) is 11.4 Å². The maximum absolute atomic E-state index is 15.2. The van der Waals surface area contributed by atoms with Crippen molar-refractivity contribution in [1.29, 1.82) is 0 Å². The van der Waals surface area contributed by atoms with Crippen LogP contribution in [0.5, 0.6) is 11.5 Å². The molecule has 0 spiro atoms. The average Bonchev–Trinajstić information content (AvgIpc) is 4.08. The highest BCUT2D eigenvalue weighted by molar-refractivity contribution is 8.54. The summed E-state index contributed by atoms with van der Waals surface area (Å²) in [5.41, 5.74) is 22.2. The zero-order valence-corrected chi connectivity index (χ0v) is 37.2. The first-order valence-electron chi connectivity index (χ1n) is 19.6. The molecule has 2 bridgehead atoms. The number of aliphatic hydroxyl groups excluding tert-OH is 2. The number of carbonyl (C=O) groups excluding carboxylic acids is 1. The summed E-state index contributed by atoms with van der Waals surface area (Å²) in [6, 6.07) is 12.6. The minimum atomic E-state index is -4.48. The van der Waals surface area contributed by atoms with Gasteiger partial charge >= 0.3 is 19.5 Å². The van der Waals surface area contributed by atoms with Crippen molar-refractivity contribution in [2.24, 2.45) is 5.11 Å². The van der Waals surface area contributed by atoms with E-state index < -0.39 is 81.8 Å². The number of rotatable bonds is 11. The summed E-state index contributed by atoms with van der Waals surface area (Å²) in [6.45, 7) is -9.57. The summed E-state index contributed by atoms with van der Waals surface area (Å²) in [4.78, 5) is 51.9. The Kier molecular flexibility index (Phi) is 13.2. The van der Waals surface area contributed by atoms with Crippen LogP contribution in [0, 0.1) is 0 Å². The number of aromatic nitrogens is 8. The Morgan fingerprint density at radius 2 is 1.47 bits per heavy atom. The number of azide groups is 1. The molecule has 346 valence electrons. The van der Waals surface area contributed by atoms with Crippen LogP contribution >= 0.6 is 24.9 Å². The van der Waals surface area contributed by atoms with Gasteiger partial charge in [0.15, 0.2) is 35.4 Å². The SMILES string of the molecule is [N-]=[N+]=NCCOc1ccc(C(=O)Oc2ccc(CS[P@]3(=O)OC[C@H]4O[C@@H](n5cnc6c(N)ncnc65)[C@H](O)[C@@H]4OP(O)(=S)OC[C@H]4O[C@@H](n5cnc6c(N)ncnc65)[C@H](O3)[C@@H]4O)cc2)cc1. The zero-order valence-electron chi connectivity index (χ0n) is 33.8. The first-order chi connectivity index (χ1) is 31.8. The van der Waals surface area contributed by atoms with E-state index >= 15 is 4.57 Å². The number of fused-ring (bicyclic) bond motifs is 5. The summed E-state index contributed by atoms with van der Waals surface area (Å²) >= 11 is 6.12. The Hall–Kier alpha value is -5.41. The van der Waals surface area contributed by atoms with Gasteiger partial charge in [-0.3, -0.25) is 22.7 Å². The molecule has 9 rings (SSSR count). The number of hydrogen-bond donors (Lipinski definition) is 5. The van der Waals surface area contributed by atoms with Gasteiger partial charge in [0, 0.05) is 10.7 Å². The molecule has 1 unspecified atom stereocenters. The van der Waals surface area contributed by atoms with Crippen LogP contribution in [0.25, 0.3) is 32.8 Å². The number of carbonyl (C=O) groups is 1. The normalized spacial score (nSPS) is 29.0. The molecular weight excluding hydrogens is 949 g/mol. The number of anilines is 2. The highest BCUT2D eigenvalue weighted by Crippen LogP contribution is 2.65. The van der Waals surface area contributed by atoms with Gasteiger partial charge in [-0.1, -0.05) is 17.2 Å². The van der Waals surface area contributed by atoms with E-state index in [0.29, 0.717) is 11.3 Å². The monoisotopic (exact) mass is 985 g/mol. The molecule has 3 aliphatic heterocycles. The van der Waals surface area contributed by atoms with Crippen LogP contribution in [0.3, 0.4) is 0 Å². The number of nitrogens with two attached hydrogens (primary N) is 2. The molecule has 4 aromatic heterocycles. The predicted octanol–water partition coefficient (Wildman–Crippen LogP) is 3.33. The third-order valence-electron chi connectivity index (χ3n) is 10.4. The minimum absolute atomic E-state index is 0.0123. The van der Waals surface area contributed by atoms with E-state index in [1.54, 1.807) is 36.4 Å². The molecule has 7 N–H and O–H groups in total. The highest BCUT2D eigenvalue weighted by Gasteiger charge is 2.53. The van der Waals surface area contributed by atoms with Gasteiger partial charge in [0.1, 0.15) is 71.8 Å². The molecule has 66 heavy (non-hydrogen) atoms. The fourth-order valence-electron chi connectivity index (χ4n) is 7.19. The van der Waals surface area contributed by atoms with Gasteiger partial charge in [0.05, 0.1) is 44.6 Å². The van der Waals surface area contributed by atoms with Gasteiger partial charge in [0.25, 0.3) is 0 Å². The molecule has 10 atom stereocenters. The lowest BCUT2D eigenvalue weighted by atomic mass is 10.1. The van der Waals surface area contributed by atoms with Gasteiger partial charge in [-0.25, -0.2) is 39.3 Å². The number of ether oxygens (including phenoxy) is 4. The second-order valence-electron chi connectivity index (χ2n) is 14.6. The molecule has 3 fully saturated rings. The minimum Gasteiger partial charge on any atom is -0.493 e. The Morgan fingerprint density at radius 3 is 2.14 bits per heavy atom. The van der Waals surface area contributed by atoms with Crippen LogP contribution < -0.4 is 20.9 Å². The highest BCUT2D eigenvalue weighted by atomic mass is 32.7. The molecule has 6 aromatic rings. The van der Waals surface area contributed by atoms with Crippen molar-refractivity contribution in [1.82, 2.24) is 39.0 Å². The number of benzene rings is 2. The molecular formula is C36H37N13O13P2S2. The molecule has 0 saturated carbocycles. The van der Waals surface area contributed by atoms with Crippen LogP contribution in [0.4, 0.5) is 11.6 Å². The number of aliphatic hydroxyl groups is 2. The van der Waals surface area contributed by atoms with Crippen LogP contribution in [0.2, 0.25) is 0 Å². The molecule has 0 aliphatic carbocycles. The van der Waals surface area contributed by atoms with Crippen molar-refractivity contribution >= 4 is 76.6 Å². The smallest absolute Gasteiger partial charge is 0.390 e. The fraction of sp³-hybridized carbons (Fsp3) is 0.361. The Morgan fingerprint density at radius 1 is 0.848 bits per heavy atom. The summed E-state index contributed by atoms with van der Waals surface area (Å²) in [5, 5.41) is 26.8. The van der Waals surface area contributed by atoms with Gasteiger partial charge in [-0.05, 0) is 70.7 Å². The second-order valence-corrected chi connectivity index (χ2v) is 21.4. The number of imidazole rings is 2. The van der Waals surface area contributed by atoms with Crippen LogP contribution in [0.1, 0.15) is 28.4 Å². The van der Waals surface area contributed by atoms with Crippen molar-refractivity contribution in [3.8, 4) is 11.5 Å². The van der Waals surface area contributed by atoms with Crippen molar-refractivity contribution in [3.05, 3.63) is 95.4 Å². The van der Waals surface area contributed by atoms with E-state index in [2.05, 4.69) is 39.9 Å². The maximum Gasteiger partial charge on any atom is 0.390 e. The standard InChI is InChI=1S/C36H37N13O13P2S2/c37-30-24-32(42-14-40-30)48(16-44-24)34-27(51)28-23(60-34)12-57-64(54,66-13-18-1-5-21(6-2-18)58-36(52)19-3-7-20(8-4-19)55-10-9-46-47-39)62-29-26(50)22(11-56-63(53,65)61-28)59-35(29)49-17-45-25-31(38)41-15-43-33(25)49/h1-8,14-17,22-23,26-29,34-35,50-51H,9-13H2,(H,53,65)(H2,37,40,42)(H2,38,41,43)/t22-,23-,26-,27-,28-,29-,34-,35-,63?,64-/m1/s1. The predicted molar refractivity (Wildman–Crippen MR) is 234 cm³/mol. The largest absolute Gasteiger partial charge is 0.493 e. The number of nitrogens with zero attached hydrogens (tertiary/aromatic N) is 11. The maximum atomic E-state index is 15.2. The second kappa shape index (κ2) is 19.1. The lowest BCUT2D eigenvalue weighted by Crippen LogP contribution is -2.36. The first kappa shape index (κ1) is 45.7. The molecule has 30 heteroatoms. The lowest BCUT2D eigenvalue weighted by Gasteiger charge is -2.28. The molecule has 0 amide bonds. The van der Waals surface area contributed by atoms with Gasteiger partial charge < -0.3 is 50.0 Å². The summed E-state index contributed by atoms with van der Waals surface area (Å²) in [7, 11) is 0. The van der Waals surface area contributed by atoms with Crippen molar-refractivity contribution in [2.45, 2.75) is 54.8 Å². The van der Waals surface area contributed by atoms with Gasteiger partial charge in [-0.2, -0.15) is 0 Å².